The number of benzene rings is 2. The fourth-order valence-electron chi connectivity index (χ4n) is 6.88. The lowest BCUT2D eigenvalue weighted by molar-refractivity contribution is -0.161. The third-order valence-electron chi connectivity index (χ3n) is 8.02. The molecule has 1 saturated heterocycles. The Kier molecular flexibility index (Phi) is 6.13. The van der Waals surface area contributed by atoms with Gasteiger partial charge in [-0.1, -0.05) is 47.7 Å². The van der Waals surface area contributed by atoms with Crippen LogP contribution in [0.15, 0.2) is 47.4 Å². The van der Waals surface area contributed by atoms with E-state index in [1.54, 1.807) is 49.6 Å². The number of carbonyl (C=O) groups excluding carboxylic acids is 2. The number of nitrogens with zero attached hydrogens (tertiary/aromatic N) is 1. The molecule has 4 aliphatic carbocycles. The van der Waals surface area contributed by atoms with E-state index in [-0.39, 0.29) is 17.3 Å². The molecule has 2 aromatic carbocycles. The molecule has 0 radical (unpaired) electrons. The predicted octanol–water partition coefficient (Wildman–Crippen LogP) is 6.88. The van der Waals surface area contributed by atoms with Crippen LogP contribution in [-0.4, -0.2) is 23.3 Å². The van der Waals surface area contributed by atoms with E-state index in [1.807, 2.05) is 6.07 Å². The Hall–Kier alpha value is -2.35. The molecule has 4 bridgehead atoms. The molecule has 0 aromatic heterocycles. The molecule has 4 saturated carbocycles. The van der Waals surface area contributed by atoms with Crippen LogP contribution in [0.25, 0.3) is 6.08 Å². The summed E-state index contributed by atoms with van der Waals surface area (Å²) >= 11 is 12.8. The van der Waals surface area contributed by atoms with Crippen molar-refractivity contribution < 1.29 is 19.1 Å². The number of anilines is 1. The Labute approximate surface area is 225 Å². The molecule has 186 valence electrons. The first-order valence-corrected chi connectivity index (χ1v) is 13.9. The summed E-state index contributed by atoms with van der Waals surface area (Å²) in [5, 5.41) is 0.536. The van der Waals surface area contributed by atoms with E-state index in [9.17, 15) is 9.59 Å². The number of halogens is 1. The third kappa shape index (κ3) is 4.25. The maximum absolute atomic E-state index is 13.4. The number of hydrogen-bond acceptors (Lipinski definition) is 6. The van der Waals surface area contributed by atoms with Gasteiger partial charge in [0.1, 0.15) is 0 Å². The van der Waals surface area contributed by atoms with Gasteiger partial charge in [0.2, 0.25) is 0 Å². The molecule has 7 rings (SSSR count). The molecule has 1 heterocycles. The van der Waals surface area contributed by atoms with Crippen LogP contribution in [0.4, 0.5) is 5.69 Å². The standard InChI is InChI=1S/C28H26ClNO4S2/c1-33-23-10-16(11-24-25(31)30(27(35)36-24)21-4-2-3-20(29)12-21)5-6-22(23)34-26(32)28-13-17-7-18(14-28)9-19(8-17)15-28/h2-6,10-12,17-19H,7-9,13-15H2,1H3. The molecule has 0 N–H and O–H groups in total. The van der Waals surface area contributed by atoms with Gasteiger partial charge in [-0.3, -0.25) is 14.5 Å². The summed E-state index contributed by atoms with van der Waals surface area (Å²) in [5.41, 5.74) is 1.05. The molecule has 5 nitrogen and oxygen atoms in total. The van der Waals surface area contributed by atoms with Crippen molar-refractivity contribution in [2.24, 2.45) is 23.2 Å². The number of rotatable bonds is 5. The van der Waals surface area contributed by atoms with Crippen molar-refractivity contribution in [3.05, 3.63) is 58.0 Å². The monoisotopic (exact) mass is 539 g/mol. The maximum Gasteiger partial charge on any atom is 0.317 e. The van der Waals surface area contributed by atoms with Gasteiger partial charge in [0.05, 0.1) is 23.1 Å². The first-order chi connectivity index (χ1) is 17.3. The van der Waals surface area contributed by atoms with Gasteiger partial charge in [-0.2, -0.15) is 0 Å². The van der Waals surface area contributed by atoms with E-state index in [0.717, 1.165) is 24.8 Å². The van der Waals surface area contributed by atoms with Gasteiger partial charge in [-0.15, -0.1) is 0 Å². The number of carbonyl (C=O) groups is 2. The van der Waals surface area contributed by atoms with Crippen molar-refractivity contribution in [1.82, 2.24) is 0 Å². The molecule has 0 spiro atoms. The van der Waals surface area contributed by atoms with E-state index in [4.69, 9.17) is 33.3 Å². The minimum Gasteiger partial charge on any atom is -0.493 e. The highest BCUT2D eigenvalue weighted by atomic mass is 35.5. The molecule has 0 unspecified atom stereocenters. The van der Waals surface area contributed by atoms with Crippen LogP contribution in [0.2, 0.25) is 5.02 Å². The van der Waals surface area contributed by atoms with Crippen LogP contribution in [0, 0.1) is 23.2 Å². The highest BCUT2D eigenvalue weighted by molar-refractivity contribution is 8.27. The van der Waals surface area contributed by atoms with Gasteiger partial charge < -0.3 is 9.47 Å². The zero-order valence-electron chi connectivity index (χ0n) is 19.9. The molecule has 5 aliphatic rings. The van der Waals surface area contributed by atoms with Crippen LogP contribution in [-0.2, 0) is 9.59 Å². The zero-order valence-corrected chi connectivity index (χ0v) is 22.3. The van der Waals surface area contributed by atoms with Crippen LogP contribution in [0.1, 0.15) is 44.1 Å². The van der Waals surface area contributed by atoms with Crippen LogP contribution >= 0.6 is 35.6 Å². The second-order valence-corrected chi connectivity index (χ2v) is 12.6. The third-order valence-corrected chi connectivity index (χ3v) is 9.56. The van der Waals surface area contributed by atoms with E-state index in [2.05, 4.69) is 0 Å². The second-order valence-electron chi connectivity index (χ2n) is 10.5. The predicted molar refractivity (Wildman–Crippen MR) is 146 cm³/mol. The summed E-state index contributed by atoms with van der Waals surface area (Å²) in [5.74, 6) is 2.56. The van der Waals surface area contributed by atoms with Crippen molar-refractivity contribution in [3.8, 4) is 11.5 Å². The number of thiocarbonyl (C=S) groups is 1. The van der Waals surface area contributed by atoms with Crippen molar-refractivity contribution in [3.63, 3.8) is 0 Å². The average molecular weight is 540 g/mol. The first-order valence-electron chi connectivity index (χ1n) is 12.3. The van der Waals surface area contributed by atoms with Gasteiger partial charge >= 0.3 is 5.97 Å². The largest absolute Gasteiger partial charge is 0.493 e. The summed E-state index contributed by atoms with van der Waals surface area (Å²) < 4.78 is 12.0. The van der Waals surface area contributed by atoms with Crippen molar-refractivity contribution in [2.45, 2.75) is 38.5 Å². The van der Waals surface area contributed by atoms with Gasteiger partial charge in [-0.05, 0) is 98.2 Å². The summed E-state index contributed by atoms with van der Waals surface area (Å²) in [6, 6.07) is 12.4. The number of ether oxygens (including phenoxy) is 2. The molecule has 1 amide bonds. The smallest absolute Gasteiger partial charge is 0.317 e. The number of thioether (sulfide) groups is 1. The minimum absolute atomic E-state index is 0.116. The van der Waals surface area contributed by atoms with Crippen LogP contribution in [0.5, 0.6) is 11.5 Å². The lowest BCUT2D eigenvalue weighted by atomic mass is 9.49. The highest BCUT2D eigenvalue weighted by Gasteiger charge is 2.55. The van der Waals surface area contributed by atoms with Gasteiger partial charge in [0.25, 0.3) is 5.91 Å². The fourth-order valence-corrected chi connectivity index (χ4v) is 8.37. The lowest BCUT2D eigenvalue weighted by Gasteiger charge is -2.55. The number of methoxy groups -OCH3 is 1. The molecule has 5 fully saturated rings. The molecule has 2 aromatic rings. The van der Waals surface area contributed by atoms with Gasteiger partial charge in [-0.25, -0.2) is 0 Å². The first kappa shape index (κ1) is 24.0. The van der Waals surface area contributed by atoms with Crippen LogP contribution in [0.3, 0.4) is 0 Å². The van der Waals surface area contributed by atoms with Crippen molar-refractivity contribution >= 4 is 63.5 Å². The highest BCUT2D eigenvalue weighted by Crippen LogP contribution is 2.60. The topological polar surface area (TPSA) is 55.8 Å². The van der Waals surface area contributed by atoms with E-state index < -0.39 is 0 Å². The number of hydrogen-bond donors (Lipinski definition) is 0. The van der Waals surface area contributed by atoms with Crippen LogP contribution < -0.4 is 14.4 Å². The molecule has 36 heavy (non-hydrogen) atoms. The Balaban J connectivity index is 1.21. The molecule has 0 atom stereocenters. The zero-order chi connectivity index (χ0) is 25.0. The Morgan fingerprint density at radius 3 is 2.42 bits per heavy atom. The fraction of sp³-hybridized carbons (Fsp3) is 0.393. The summed E-state index contributed by atoms with van der Waals surface area (Å²) in [4.78, 5) is 28.5. The summed E-state index contributed by atoms with van der Waals surface area (Å²) in [6.07, 6.45) is 8.44. The molecule has 1 aliphatic heterocycles. The lowest BCUT2D eigenvalue weighted by Crippen LogP contribution is -2.51. The normalized spacial score (nSPS) is 29.8. The maximum atomic E-state index is 13.4. The quantitative estimate of drug-likeness (QED) is 0.179. The Morgan fingerprint density at radius 1 is 1.08 bits per heavy atom. The van der Waals surface area contributed by atoms with Gasteiger partial charge in [0, 0.05) is 5.02 Å². The SMILES string of the molecule is COc1cc(C=C2SC(=S)N(c3cccc(Cl)c3)C2=O)ccc1OC(=O)C12CC3CC(CC(C3)C1)C2. The van der Waals surface area contributed by atoms with E-state index in [0.29, 0.717) is 49.2 Å². The second kappa shape index (κ2) is 9.19. The minimum atomic E-state index is -0.340. The molecular weight excluding hydrogens is 514 g/mol. The number of esters is 1. The van der Waals surface area contributed by atoms with E-state index >= 15 is 0 Å². The molecule has 8 heteroatoms. The van der Waals surface area contributed by atoms with Crippen molar-refractivity contribution in [2.75, 3.05) is 12.0 Å². The van der Waals surface area contributed by atoms with E-state index in [1.165, 1.54) is 35.9 Å². The Morgan fingerprint density at radius 2 is 1.78 bits per heavy atom. The van der Waals surface area contributed by atoms with Gasteiger partial charge in [0.15, 0.2) is 15.8 Å². The average Bonchev–Trinajstić information content (AvgIpc) is 3.11. The Bertz CT molecular complexity index is 1270. The molecular formula is C28H26ClNO4S2. The summed E-state index contributed by atoms with van der Waals surface area (Å²) in [6.45, 7) is 0. The number of amides is 1. The van der Waals surface area contributed by atoms with Crippen molar-refractivity contribution in [1.29, 1.82) is 0 Å². The summed E-state index contributed by atoms with van der Waals surface area (Å²) in [7, 11) is 1.56.